The van der Waals surface area contributed by atoms with Crippen molar-refractivity contribution in [1.29, 1.82) is 0 Å². The Morgan fingerprint density at radius 2 is 2.21 bits per heavy atom. The number of fused-ring (bicyclic) bond motifs is 1. The summed E-state index contributed by atoms with van der Waals surface area (Å²) in [4.78, 5) is 33.9. The van der Waals surface area contributed by atoms with E-state index in [1.807, 2.05) is 0 Å². The topological polar surface area (TPSA) is 101 Å². The highest BCUT2D eigenvalue weighted by Gasteiger charge is 2.28. The number of hydrogen-bond acceptors (Lipinski definition) is 7. The zero-order valence-electron chi connectivity index (χ0n) is 14.7. The number of rotatable bonds is 4. The van der Waals surface area contributed by atoms with Crippen LogP contribution in [0, 0.1) is 16.0 Å². The number of benzene rings is 1. The molecule has 2 aromatic heterocycles. The number of piperidine rings is 1. The lowest BCUT2D eigenvalue weighted by Gasteiger charge is -2.31. The summed E-state index contributed by atoms with van der Waals surface area (Å²) in [5.74, 6) is 0.197. The molecule has 0 saturated carbocycles. The van der Waals surface area contributed by atoms with Gasteiger partial charge >= 0.3 is 0 Å². The zero-order chi connectivity index (χ0) is 19.7. The van der Waals surface area contributed by atoms with E-state index in [2.05, 4.69) is 20.2 Å². The Morgan fingerprint density at radius 1 is 1.36 bits per heavy atom. The van der Waals surface area contributed by atoms with Crippen molar-refractivity contribution in [2.45, 2.75) is 12.8 Å². The second-order valence-corrected chi connectivity index (χ2v) is 7.99. The molecule has 3 heterocycles. The summed E-state index contributed by atoms with van der Waals surface area (Å²) in [7, 11) is 0. The first-order valence-corrected chi connectivity index (χ1v) is 9.91. The Morgan fingerprint density at radius 3 is 2.96 bits per heavy atom. The molecular formula is C18H16ClN5O3S. The minimum Gasteiger partial charge on any atom is -0.347 e. The van der Waals surface area contributed by atoms with E-state index in [4.69, 9.17) is 11.6 Å². The Kier molecular flexibility index (Phi) is 5.10. The van der Waals surface area contributed by atoms with Gasteiger partial charge in [-0.05, 0) is 31.0 Å². The predicted molar refractivity (Wildman–Crippen MR) is 109 cm³/mol. The van der Waals surface area contributed by atoms with E-state index in [1.165, 1.54) is 29.7 Å². The molecule has 0 aliphatic carbocycles. The molecule has 1 aliphatic rings. The fraction of sp³-hybridized carbons (Fsp3) is 0.278. The summed E-state index contributed by atoms with van der Waals surface area (Å²) in [6.45, 7) is 1.34. The van der Waals surface area contributed by atoms with Gasteiger partial charge in [-0.3, -0.25) is 14.9 Å². The normalized spacial score (nSPS) is 16.9. The number of hydrogen-bond donors (Lipinski definition) is 1. The van der Waals surface area contributed by atoms with E-state index in [0.717, 1.165) is 34.7 Å². The van der Waals surface area contributed by atoms with Crippen LogP contribution in [0.4, 0.5) is 16.6 Å². The maximum Gasteiger partial charge on any atom is 0.270 e. The van der Waals surface area contributed by atoms with E-state index in [1.54, 1.807) is 18.2 Å². The smallest absolute Gasteiger partial charge is 0.270 e. The zero-order valence-corrected chi connectivity index (χ0v) is 16.2. The van der Waals surface area contributed by atoms with Gasteiger partial charge in [-0.25, -0.2) is 9.97 Å². The van der Waals surface area contributed by atoms with Crippen molar-refractivity contribution in [1.82, 2.24) is 9.97 Å². The van der Waals surface area contributed by atoms with Crippen LogP contribution >= 0.6 is 22.9 Å². The van der Waals surface area contributed by atoms with Gasteiger partial charge in [0.2, 0.25) is 5.91 Å². The van der Waals surface area contributed by atoms with Gasteiger partial charge in [0.25, 0.3) is 5.69 Å². The first-order chi connectivity index (χ1) is 13.5. The molecule has 0 spiro atoms. The van der Waals surface area contributed by atoms with Crippen molar-refractivity contribution in [2.24, 2.45) is 5.92 Å². The number of pyridine rings is 1. The predicted octanol–water partition coefficient (Wildman–Crippen LogP) is 4.11. The highest BCUT2D eigenvalue weighted by atomic mass is 35.5. The van der Waals surface area contributed by atoms with E-state index in [0.29, 0.717) is 17.4 Å². The van der Waals surface area contributed by atoms with Crippen molar-refractivity contribution in [3.8, 4) is 0 Å². The van der Waals surface area contributed by atoms with Gasteiger partial charge in [0.1, 0.15) is 5.82 Å². The third-order valence-corrected chi connectivity index (χ3v) is 5.92. The molecule has 1 saturated heterocycles. The summed E-state index contributed by atoms with van der Waals surface area (Å²) >= 11 is 7.23. The number of thiazole rings is 1. The fourth-order valence-corrected chi connectivity index (χ4v) is 4.34. The summed E-state index contributed by atoms with van der Waals surface area (Å²) in [6.07, 6.45) is 3.14. The number of carbonyl (C=O) groups is 1. The van der Waals surface area contributed by atoms with Gasteiger partial charge in [0.15, 0.2) is 5.13 Å². The van der Waals surface area contributed by atoms with Gasteiger partial charge in [0.05, 0.1) is 26.1 Å². The Hall–Kier alpha value is -2.78. The van der Waals surface area contributed by atoms with Crippen LogP contribution in [0.3, 0.4) is 0 Å². The van der Waals surface area contributed by atoms with E-state index in [9.17, 15) is 14.9 Å². The summed E-state index contributed by atoms with van der Waals surface area (Å²) in [5, 5.41) is 15.1. The largest absolute Gasteiger partial charge is 0.347 e. The SMILES string of the molecule is O=C(Nc1ccc(Cl)cn1)C1CCCN(c2nc3ccc([N+](=O)[O-])cc3s2)C1. The molecule has 1 amide bonds. The lowest BCUT2D eigenvalue weighted by Crippen LogP contribution is -2.40. The van der Waals surface area contributed by atoms with E-state index >= 15 is 0 Å². The quantitative estimate of drug-likeness (QED) is 0.506. The van der Waals surface area contributed by atoms with Gasteiger partial charge < -0.3 is 10.2 Å². The second kappa shape index (κ2) is 7.69. The first kappa shape index (κ1) is 18.6. The number of aromatic nitrogens is 2. The van der Waals surface area contributed by atoms with Crippen LogP contribution in [-0.2, 0) is 4.79 Å². The number of nitrogens with zero attached hydrogens (tertiary/aromatic N) is 4. The third kappa shape index (κ3) is 3.90. The molecule has 1 unspecified atom stereocenters. The molecule has 144 valence electrons. The number of halogens is 1. The van der Waals surface area contributed by atoms with Crippen LogP contribution in [-0.4, -0.2) is 33.9 Å². The molecule has 28 heavy (non-hydrogen) atoms. The highest BCUT2D eigenvalue weighted by molar-refractivity contribution is 7.22. The number of nitrogens with one attached hydrogen (secondary N) is 1. The van der Waals surface area contributed by atoms with Crippen LogP contribution in [0.2, 0.25) is 5.02 Å². The molecule has 1 fully saturated rings. The minimum absolute atomic E-state index is 0.0501. The fourth-order valence-electron chi connectivity index (χ4n) is 3.19. The monoisotopic (exact) mass is 417 g/mol. The number of amides is 1. The van der Waals surface area contributed by atoms with Gasteiger partial charge in [0, 0.05) is 31.4 Å². The molecule has 0 radical (unpaired) electrons. The molecule has 8 nitrogen and oxygen atoms in total. The Labute approximate surface area is 169 Å². The molecule has 1 aromatic carbocycles. The van der Waals surface area contributed by atoms with Crippen molar-refractivity contribution < 1.29 is 9.72 Å². The van der Waals surface area contributed by atoms with Crippen molar-refractivity contribution >= 4 is 55.7 Å². The molecular weight excluding hydrogens is 402 g/mol. The maximum atomic E-state index is 12.6. The minimum atomic E-state index is -0.412. The average molecular weight is 418 g/mol. The number of nitro benzene ring substituents is 1. The van der Waals surface area contributed by atoms with Crippen molar-refractivity contribution in [3.63, 3.8) is 0 Å². The summed E-state index contributed by atoms with van der Waals surface area (Å²) < 4.78 is 0.765. The second-order valence-electron chi connectivity index (χ2n) is 6.54. The lowest BCUT2D eigenvalue weighted by atomic mass is 9.97. The van der Waals surface area contributed by atoms with Gasteiger partial charge in [-0.1, -0.05) is 22.9 Å². The Balaban J connectivity index is 1.48. The van der Waals surface area contributed by atoms with Crippen molar-refractivity contribution in [2.75, 3.05) is 23.3 Å². The summed E-state index contributed by atoms with van der Waals surface area (Å²) in [6, 6.07) is 8.00. The van der Waals surface area contributed by atoms with Crippen LogP contribution in [0.15, 0.2) is 36.5 Å². The van der Waals surface area contributed by atoms with E-state index < -0.39 is 4.92 Å². The molecule has 4 rings (SSSR count). The Bertz CT molecular complexity index is 1040. The third-order valence-electron chi connectivity index (χ3n) is 4.61. The van der Waals surface area contributed by atoms with Crippen LogP contribution < -0.4 is 10.2 Å². The molecule has 0 bridgehead atoms. The molecule has 1 atom stereocenters. The van der Waals surface area contributed by atoms with Crippen molar-refractivity contribution in [3.05, 3.63) is 51.7 Å². The number of nitro groups is 1. The number of carbonyl (C=O) groups excluding carboxylic acids is 1. The molecule has 1 N–H and O–H groups in total. The average Bonchev–Trinajstić information content (AvgIpc) is 3.13. The first-order valence-electron chi connectivity index (χ1n) is 8.72. The van der Waals surface area contributed by atoms with Gasteiger partial charge in [-0.2, -0.15) is 0 Å². The standard InChI is InChI=1S/C18H16ClN5O3S/c19-12-3-6-16(20-9-12)22-17(25)11-2-1-7-23(10-11)18-21-14-5-4-13(24(26)27)8-15(14)28-18/h3-6,8-9,11H,1-2,7,10H2,(H,20,22,25). The highest BCUT2D eigenvalue weighted by Crippen LogP contribution is 2.33. The van der Waals surface area contributed by atoms with Gasteiger partial charge in [-0.15, -0.1) is 0 Å². The number of non-ortho nitro benzene ring substituents is 1. The number of anilines is 2. The summed E-state index contributed by atoms with van der Waals surface area (Å²) in [5.41, 5.74) is 0.775. The van der Waals surface area contributed by atoms with Crippen LogP contribution in [0.25, 0.3) is 10.2 Å². The maximum absolute atomic E-state index is 12.6. The molecule has 10 heteroatoms. The molecule has 1 aliphatic heterocycles. The van der Waals surface area contributed by atoms with E-state index in [-0.39, 0.29) is 17.5 Å². The van der Waals surface area contributed by atoms with Crippen LogP contribution in [0.5, 0.6) is 0 Å². The van der Waals surface area contributed by atoms with Crippen LogP contribution in [0.1, 0.15) is 12.8 Å². The molecule has 3 aromatic rings. The lowest BCUT2D eigenvalue weighted by molar-refractivity contribution is -0.384.